The van der Waals surface area contributed by atoms with E-state index in [9.17, 15) is 4.39 Å². The van der Waals surface area contributed by atoms with Crippen molar-refractivity contribution in [2.24, 2.45) is 0 Å². The third kappa shape index (κ3) is 3.28. The minimum atomic E-state index is -0.246. The summed E-state index contributed by atoms with van der Waals surface area (Å²) in [6.45, 7) is 2.02. The van der Waals surface area contributed by atoms with E-state index in [-0.39, 0.29) is 11.1 Å². The molecule has 0 aliphatic carbocycles. The summed E-state index contributed by atoms with van der Waals surface area (Å²) in [6.07, 6.45) is 0. The third-order valence-electron chi connectivity index (χ3n) is 3.12. The maximum atomic E-state index is 13.0. The van der Waals surface area contributed by atoms with Gasteiger partial charge in [0.15, 0.2) is 0 Å². The summed E-state index contributed by atoms with van der Waals surface area (Å²) in [5.74, 6) is -0.246. The molecule has 0 spiro atoms. The van der Waals surface area contributed by atoms with Gasteiger partial charge in [0, 0.05) is 10.3 Å². The fraction of sp³-hybridized carbons (Fsp3) is 0.133. The first-order valence-electron chi connectivity index (χ1n) is 6.60. The number of benzene rings is 2. The lowest BCUT2D eigenvalue weighted by Gasteiger charge is -2.11. The Labute approximate surface area is 136 Å². The Hall–Kier alpha value is -1.92. The van der Waals surface area contributed by atoms with Gasteiger partial charge >= 0.3 is 0 Å². The van der Waals surface area contributed by atoms with Crippen molar-refractivity contribution < 1.29 is 4.39 Å². The molecule has 0 fully saturated rings. The SMILES string of the molecule is C[C@H](Sc1nnnn1-c1cccc(Cl)c1)c1ccc(F)cc1. The molecule has 4 nitrogen and oxygen atoms in total. The minimum absolute atomic E-state index is 0.0875. The predicted octanol–water partition coefficient (Wildman–Crippen LogP) is 4.31. The van der Waals surface area contributed by atoms with Gasteiger partial charge in [0.25, 0.3) is 0 Å². The molecule has 2 aromatic carbocycles. The van der Waals surface area contributed by atoms with Crippen LogP contribution in [0.2, 0.25) is 5.02 Å². The molecule has 0 aliphatic rings. The van der Waals surface area contributed by atoms with Gasteiger partial charge in [-0.05, 0) is 53.2 Å². The van der Waals surface area contributed by atoms with E-state index in [2.05, 4.69) is 15.5 Å². The van der Waals surface area contributed by atoms with Gasteiger partial charge in [-0.25, -0.2) is 4.39 Å². The number of thioether (sulfide) groups is 1. The topological polar surface area (TPSA) is 43.6 Å². The maximum absolute atomic E-state index is 13.0. The van der Waals surface area contributed by atoms with Crippen LogP contribution in [0.1, 0.15) is 17.7 Å². The highest BCUT2D eigenvalue weighted by Crippen LogP contribution is 2.34. The van der Waals surface area contributed by atoms with Gasteiger partial charge in [-0.1, -0.05) is 41.6 Å². The van der Waals surface area contributed by atoms with Crippen molar-refractivity contribution >= 4 is 23.4 Å². The Bertz CT molecular complexity index is 775. The van der Waals surface area contributed by atoms with Gasteiger partial charge in [0.1, 0.15) is 5.82 Å². The van der Waals surface area contributed by atoms with Crippen molar-refractivity contribution in [3.05, 3.63) is 64.9 Å². The Morgan fingerprint density at radius 1 is 1.18 bits per heavy atom. The van der Waals surface area contributed by atoms with E-state index < -0.39 is 0 Å². The van der Waals surface area contributed by atoms with Crippen LogP contribution in [0.5, 0.6) is 0 Å². The normalized spacial score (nSPS) is 12.3. The fourth-order valence-electron chi connectivity index (χ4n) is 1.98. The van der Waals surface area contributed by atoms with Gasteiger partial charge in [-0.2, -0.15) is 4.68 Å². The number of hydrogen-bond acceptors (Lipinski definition) is 4. The van der Waals surface area contributed by atoms with E-state index in [4.69, 9.17) is 11.6 Å². The minimum Gasteiger partial charge on any atom is -0.207 e. The van der Waals surface area contributed by atoms with Gasteiger partial charge in [-0.15, -0.1) is 5.10 Å². The molecule has 0 saturated carbocycles. The monoisotopic (exact) mass is 334 g/mol. The predicted molar refractivity (Wildman–Crippen MR) is 84.8 cm³/mol. The summed E-state index contributed by atoms with van der Waals surface area (Å²) in [5, 5.41) is 13.1. The van der Waals surface area contributed by atoms with Gasteiger partial charge < -0.3 is 0 Å². The quantitative estimate of drug-likeness (QED) is 0.667. The third-order valence-corrected chi connectivity index (χ3v) is 4.44. The lowest BCUT2D eigenvalue weighted by Crippen LogP contribution is -2.00. The van der Waals surface area contributed by atoms with Crippen molar-refractivity contribution in [1.29, 1.82) is 0 Å². The zero-order valence-electron chi connectivity index (χ0n) is 11.6. The van der Waals surface area contributed by atoms with Crippen LogP contribution in [0.15, 0.2) is 53.7 Å². The van der Waals surface area contributed by atoms with Crippen LogP contribution in [0.3, 0.4) is 0 Å². The number of aromatic nitrogens is 4. The van der Waals surface area contributed by atoms with Crippen molar-refractivity contribution in [3.8, 4) is 5.69 Å². The van der Waals surface area contributed by atoms with E-state index in [1.165, 1.54) is 23.9 Å². The molecule has 0 amide bonds. The molecule has 1 aromatic heterocycles. The maximum Gasteiger partial charge on any atom is 0.214 e. The summed E-state index contributed by atoms with van der Waals surface area (Å²) in [4.78, 5) is 0. The molecule has 0 aliphatic heterocycles. The number of hydrogen-bond donors (Lipinski definition) is 0. The number of rotatable bonds is 4. The second-order valence-electron chi connectivity index (χ2n) is 4.66. The lowest BCUT2D eigenvalue weighted by atomic mass is 10.2. The van der Waals surface area contributed by atoms with Crippen molar-refractivity contribution in [2.45, 2.75) is 17.3 Å². The molecule has 0 unspecified atom stereocenters. The first kappa shape index (κ1) is 15.0. The van der Waals surface area contributed by atoms with Crippen LogP contribution in [-0.2, 0) is 0 Å². The van der Waals surface area contributed by atoms with Crippen LogP contribution in [0, 0.1) is 5.82 Å². The first-order valence-corrected chi connectivity index (χ1v) is 7.85. The molecular weight excluding hydrogens is 323 g/mol. The van der Waals surface area contributed by atoms with Crippen molar-refractivity contribution in [1.82, 2.24) is 20.2 Å². The number of tetrazole rings is 1. The fourth-order valence-corrected chi connectivity index (χ4v) is 3.10. The van der Waals surface area contributed by atoms with Crippen LogP contribution in [0.4, 0.5) is 4.39 Å². The van der Waals surface area contributed by atoms with E-state index in [1.807, 2.05) is 19.1 Å². The summed E-state index contributed by atoms with van der Waals surface area (Å²) in [6, 6.07) is 13.7. The molecule has 3 rings (SSSR count). The molecule has 1 atom stereocenters. The molecule has 0 bridgehead atoms. The van der Waals surface area contributed by atoms with E-state index in [1.54, 1.807) is 28.9 Å². The molecule has 0 saturated heterocycles. The van der Waals surface area contributed by atoms with Gasteiger partial charge in [0.05, 0.1) is 5.69 Å². The molecule has 0 radical (unpaired) electrons. The summed E-state index contributed by atoms with van der Waals surface area (Å²) in [5.41, 5.74) is 1.80. The van der Waals surface area contributed by atoms with Crippen LogP contribution in [0.25, 0.3) is 5.69 Å². The van der Waals surface area contributed by atoms with Crippen molar-refractivity contribution in [3.63, 3.8) is 0 Å². The molecular formula is C15H12ClFN4S. The number of halogens is 2. The molecule has 1 heterocycles. The molecule has 0 N–H and O–H groups in total. The second kappa shape index (κ2) is 6.46. The standard InChI is InChI=1S/C15H12ClFN4S/c1-10(11-5-7-13(17)8-6-11)22-15-18-19-20-21(15)14-4-2-3-12(16)9-14/h2-10H,1H3/t10-/m0/s1. The van der Waals surface area contributed by atoms with Crippen molar-refractivity contribution in [2.75, 3.05) is 0 Å². The molecule has 112 valence electrons. The van der Waals surface area contributed by atoms with Crippen LogP contribution >= 0.6 is 23.4 Å². The summed E-state index contributed by atoms with van der Waals surface area (Å²) >= 11 is 7.50. The largest absolute Gasteiger partial charge is 0.214 e. The zero-order chi connectivity index (χ0) is 15.5. The molecule has 3 aromatic rings. The summed E-state index contributed by atoms with van der Waals surface area (Å²) in [7, 11) is 0. The second-order valence-corrected chi connectivity index (χ2v) is 6.41. The average molecular weight is 335 g/mol. The highest BCUT2D eigenvalue weighted by atomic mass is 35.5. The Morgan fingerprint density at radius 3 is 2.68 bits per heavy atom. The Kier molecular flexibility index (Phi) is 4.40. The smallest absolute Gasteiger partial charge is 0.207 e. The molecule has 7 heteroatoms. The van der Waals surface area contributed by atoms with E-state index in [0.29, 0.717) is 10.2 Å². The van der Waals surface area contributed by atoms with Crippen LogP contribution < -0.4 is 0 Å². The summed E-state index contributed by atoms with van der Waals surface area (Å²) < 4.78 is 14.6. The van der Waals surface area contributed by atoms with Gasteiger partial charge in [-0.3, -0.25) is 0 Å². The Balaban J connectivity index is 1.84. The highest BCUT2D eigenvalue weighted by Gasteiger charge is 2.15. The van der Waals surface area contributed by atoms with E-state index in [0.717, 1.165) is 11.3 Å². The average Bonchev–Trinajstić information content (AvgIpc) is 2.96. The van der Waals surface area contributed by atoms with Gasteiger partial charge in [0.2, 0.25) is 5.16 Å². The Morgan fingerprint density at radius 2 is 1.95 bits per heavy atom. The first-order chi connectivity index (χ1) is 10.6. The number of nitrogens with zero attached hydrogens (tertiary/aromatic N) is 4. The lowest BCUT2D eigenvalue weighted by molar-refractivity contribution is 0.627. The molecule has 22 heavy (non-hydrogen) atoms. The zero-order valence-corrected chi connectivity index (χ0v) is 13.2. The highest BCUT2D eigenvalue weighted by molar-refractivity contribution is 7.99. The van der Waals surface area contributed by atoms with E-state index >= 15 is 0 Å². The van der Waals surface area contributed by atoms with Crippen LogP contribution in [-0.4, -0.2) is 20.2 Å².